The van der Waals surface area contributed by atoms with Crippen LogP contribution in [0.15, 0.2) is 60.7 Å². The second kappa shape index (κ2) is 9.23. The van der Waals surface area contributed by atoms with Crippen molar-refractivity contribution in [1.29, 1.82) is 0 Å². The normalized spacial score (nSPS) is 26.4. The van der Waals surface area contributed by atoms with Crippen molar-refractivity contribution < 1.29 is 14.5 Å². The number of hydrogen-bond acceptors (Lipinski definition) is 2. The van der Waals surface area contributed by atoms with E-state index in [1.165, 1.54) is 15.4 Å². The predicted molar refractivity (Wildman–Crippen MR) is 121 cm³/mol. The van der Waals surface area contributed by atoms with E-state index in [2.05, 4.69) is 49.5 Å². The molecule has 164 valence electrons. The number of benzene rings is 2. The van der Waals surface area contributed by atoms with Gasteiger partial charge in [-0.15, -0.1) is 0 Å². The van der Waals surface area contributed by atoms with Crippen LogP contribution >= 0.6 is 0 Å². The number of likely N-dealkylation sites (tertiary alicyclic amines) is 1. The maximum Gasteiger partial charge on any atom is 0.329 e. The van der Waals surface area contributed by atoms with Gasteiger partial charge in [0.1, 0.15) is 5.54 Å². The molecule has 2 aromatic rings. The summed E-state index contributed by atoms with van der Waals surface area (Å²) in [4.78, 5) is 29.3. The summed E-state index contributed by atoms with van der Waals surface area (Å²) in [5.74, 6) is 0.861. The van der Waals surface area contributed by atoms with Crippen molar-refractivity contribution in [3.05, 3.63) is 71.8 Å². The molecule has 2 heterocycles. The van der Waals surface area contributed by atoms with Crippen molar-refractivity contribution in [3.8, 4) is 0 Å². The molecule has 5 nitrogen and oxygen atoms in total. The molecule has 2 aliphatic heterocycles. The number of imide groups is 1. The minimum absolute atomic E-state index is 0.101. The number of urea groups is 1. The zero-order chi connectivity index (χ0) is 21.8. The van der Waals surface area contributed by atoms with Crippen LogP contribution in [0.5, 0.6) is 0 Å². The number of amides is 3. The summed E-state index contributed by atoms with van der Waals surface area (Å²) in [5.41, 5.74) is 1.32. The van der Waals surface area contributed by atoms with E-state index < -0.39 is 5.54 Å². The van der Waals surface area contributed by atoms with Gasteiger partial charge in [-0.25, -0.2) is 9.69 Å². The van der Waals surface area contributed by atoms with Crippen LogP contribution in [0.25, 0.3) is 0 Å². The Morgan fingerprint density at radius 2 is 1.61 bits per heavy atom. The highest BCUT2D eigenvalue weighted by Gasteiger charge is 2.53. The molecule has 0 spiro atoms. The average molecular weight is 421 g/mol. The number of quaternary nitrogens is 1. The Bertz CT molecular complexity index is 891. The fourth-order valence-electron chi connectivity index (χ4n) is 5.18. The van der Waals surface area contributed by atoms with Crippen LogP contribution in [-0.2, 0) is 16.8 Å². The van der Waals surface area contributed by atoms with Gasteiger partial charge >= 0.3 is 6.03 Å². The maximum absolute atomic E-state index is 13.6. The summed E-state index contributed by atoms with van der Waals surface area (Å²) in [6.45, 7) is 6.63. The molecule has 3 amide bonds. The molecule has 4 rings (SSSR count). The Labute approximate surface area is 185 Å². The Kier molecular flexibility index (Phi) is 6.42. The Morgan fingerprint density at radius 3 is 2.23 bits per heavy atom. The molecule has 0 unspecified atom stereocenters. The molecular formula is C26H34N3O2+. The number of carbonyl (C=O) groups is 2. The quantitative estimate of drug-likeness (QED) is 0.677. The third-order valence-corrected chi connectivity index (χ3v) is 6.72. The van der Waals surface area contributed by atoms with Gasteiger partial charge in [0.25, 0.3) is 5.91 Å². The molecule has 2 aromatic carbocycles. The SMILES string of the molecule is CC(C)C[C@@]1(c2ccccc2)NC(=O)N(C[NH+]2CCC(Cc3ccccc3)CC2)C1=O. The van der Waals surface area contributed by atoms with Crippen LogP contribution in [-0.4, -0.2) is 36.6 Å². The van der Waals surface area contributed by atoms with Gasteiger partial charge in [-0.05, 0) is 48.6 Å². The van der Waals surface area contributed by atoms with Crippen molar-refractivity contribution >= 4 is 11.9 Å². The molecule has 5 heteroatoms. The number of nitrogens with zero attached hydrogens (tertiary/aromatic N) is 1. The smallest absolute Gasteiger partial charge is 0.319 e. The van der Waals surface area contributed by atoms with E-state index in [1.807, 2.05) is 30.3 Å². The second-order valence-corrected chi connectivity index (χ2v) is 9.57. The van der Waals surface area contributed by atoms with Crippen LogP contribution in [0.3, 0.4) is 0 Å². The average Bonchev–Trinajstić information content (AvgIpc) is 3.01. The summed E-state index contributed by atoms with van der Waals surface area (Å²) < 4.78 is 0. The molecule has 0 bridgehead atoms. The molecule has 0 aliphatic carbocycles. The first-order valence-electron chi connectivity index (χ1n) is 11.5. The number of carbonyl (C=O) groups excluding carboxylic acids is 2. The number of piperidine rings is 1. The molecule has 0 aromatic heterocycles. The monoisotopic (exact) mass is 420 g/mol. The van der Waals surface area contributed by atoms with Crippen molar-refractivity contribution in [2.75, 3.05) is 19.8 Å². The zero-order valence-corrected chi connectivity index (χ0v) is 18.6. The van der Waals surface area contributed by atoms with Gasteiger partial charge in [-0.2, -0.15) is 0 Å². The first-order valence-corrected chi connectivity index (χ1v) is 11.5. The third kappa shape index (κ3) is 4.67. The van der Waals surface area contributed by atoms with E-state index >= 15 is 0 Å². The molecule has 0 radical (unpaired) electrons. The van der Waals surface area contributed by atoms with E-state index in [-0.39, 0.29) is 17.9 Å². The van der Waals surface area contributed by atoms with E-state index in [1.54, 1.807) is 0 Å². The second-order valence-electron chi connectivity index (χ2n) is 9.57. The van der Waals surface area contributed by atoms with Gasteiger partial charge in [0.05, 0.1) is 13.1 Å². The summed E-state index contributed by atoms with van der Waals surface area (Å²) >= 11 is 0. The standard InChI is InChI=1S/C26H33N3O2/c1-20(2)18-26(23-11-7-4-8-12-23)24(30)29(25(31)27-26)19-28-15-13-22(14-16-28)17-21-9-5-3-6-10-21/h3-12,20,22H,13-19H2,1-2H3,(H,27,31)/p+1/t26-/m0/s1. The predicted octanol–water partition coefficient (Wildman–Crippen LogP) is 2.97. The minimum atomic E-state index is -0.947. The molecule has 2 saturated heterocycles. The van der Waals surface area contributed by atoms with Crippen LogP contribution in [0.4, 0.5) is 4.79 Å². The van der Waals surface area contributed by atoms with Crippen molar-refractivity contribution in [2.24, 2.45) is 11.8 Å². The number of nitrogens with one attached hydrogen (secondary N) is 2. The Balaban J connectivity index is 1.41. The van der Waals surface area contributed by atoms with E-state index in [0.29, 0.717) is 19.0 Å². The molecule has 0 saturated carbocycles. The first-order chi connectivity index (χ1) is 15.0. The molecule has 2 N–H and O–H groups in total. The molecule has 2 aliphatic rings. The number of hydrogen-bond donors (Lipinski definition) is 2. The summed E-state index contributed by atoms with van der Waals surface area (Å²) in [7, 11) is 0. The third-order valence-electron chi connectivity index (χ3n) is 6.72. The van der Waals surface area contributed by atoms with Crippen LogP contribution < -0.4 is 10.2 Å². The fourth-order valence-corrected chi connectivity index (χ4v) is 5.18. The number of rotatable bonds is 7. The van der Waals surface area contributed by atoms with E-state index in [0.717, 1.165) is 37.9 Å². The lowest BCUT2D eigenvalue weighted by molar-refractivity contribution is -0.913. The molecule has 2 fully saturated rings. The van der Waals surface area contributed by atoms with Gasteiger partial charge in [0.2, 0.25) is 0 Å². The van der Waals surface area contributed by atoms with E-state index in [9.17, 15) is 9.59 Å². The van der Waals surface area contributed by atoms with Crippen LogP contribution in [0.1, 0.15) is 44.2 Å². The molecular weight excluding hydrogens is 386 g/mol. The van der Waals surface area contributed by atoms with Gasteiger partial charge in [0, 0.05) is 0 Å². The first kappa shape index (κ1) is 21.6. The van der Waals surface area contributed by atoms with Crippen LogP contribution in [0, 0.1) is 11.8 Å². The highest BCUT2D eigenvalue weighted by atomic mass is 16.2. The largest absolute Gasteiger partial charge is 0.329 e. The summed E-state index contributed by atoms with van der Waals surface area (Å²) in [6, 6.07) is 20.1. The lowest BCUT2D eigenvalue weighted by Gasteiger charge is -2.32. The van der Waals surface area contributed by atoms with Crippen molar-refractivity contribution in [1.82, 2.24) is 10.2 Å². The van der Waals surface area contributed by atoms with Crippen LogP contribution in [0.2, 0.25) is 0 Å². The zero-order valence-electron chi connectivity index (χ0n) is 18.6. The highest BCUT2D eigenvalue weighted by Crippen LogP contribution is 2.34. The fraction of sp³-hybridized carbons (Fsp3) is 0.462. The Hall–Kier alpha value is -2.66. The molecule has 31 heavy (non-hydrogen) atoms. The summed E-state index contributed by atoms with van der Waals surface area (Å²) in [5, 5.41) is 3.07. The van der Waals surface area contributed by atoms with Crippen molar-refractivity contribution in [3.63, 3.8) is 0 Å². The molecule has 1 atom stereocenters. The highest BCUT2D eigenvalue weighted by molar-refractivity contribution is 6.07. The summed E-state index contributed by atoms with van der Waals surface area (Å²) in [6.07, 6.45) is 3.97. The minimum Gasteiger partial charge on any atom is -0.319 e. The lowest BCUT2D eigenvalue weighted by Crippen LogP contribution is -3.14. The van der Waals surface area contributed by atoms with Gasteiger partial charge in [-0.1, -0.05) is 74.5 Å². The lowest BCUT2D eigenvalue weighted by atomic mass is 9.82. The van der Waals surface area contributed by atoms with Gasteiger partial charge in [0.15, 0.2) is 6.67 Å². The maximum atomic E-state index is 13.6. The van der Waals surface area contributed by atoms with Crippen molar-refractivity contribution in [2.45, 2.75) is 45.1 Å². The Morgan fingerprint density at radius 1 is 1.00 bits per heavy atom. The van der Waals surface area contributed by atoms with Gasteiger partial charge < -0.3 is 10.2 Å². The van der Waals surface area contributed by atoms with E-state index in [4.69, 9.17) is 0 Å². The van der Waals surface area contributed by atoms with Gasteiger partial charge in [-0.3, -0.25) is 4.79 Å². The topological polar surface area (TPSA) is 53.9 Å².